The van der Waals surface area contributed by atoms with Crippen molar-refractivity contribution in [1.29, 1.82) is 0 Å². The van der Waals surface area contributed by atoms with Crippen LogP contribution in [0.1, 0.15) is 48.3 Å². The fourth-order valence-corrected chi connectivity index (χ4v) is 3.00. The number of amides is 3. The predicted octanol–water partition coefficient (Wildman–Crippen LogP) is 3.53. The maximum absolute atomic E-state index is 12.5. The average Bonchev–Trinajstić information content (AvgIpc) is 3.22. The number of benzene rings is 1. The van der Waals surface area contributed by atoms with Gasteiger partial charge in [0.2, 0.25) is 0 Å². The fourth-order valence-electron chi connectivity index (χ4n) is 3.00. The van der Waals surface area contributed by atoms with E-state index in [9.17, 15) is 9.59 Å². The maximum Gasteiger partial charge on any atom is 0.322 e. The molecule has 0 bridgehead atoms. The van der Waals surface area contributed by atoms with Crippen LogP contribution in [0.15, 0.2) is 41.1 Å². The first-order valence-electron chi connectivity index (χ1n) is 8.89. The predicted molar refractivity (Wildman–Crippen MR) is 97.9 cm³/mol. The molecule has 7 heteroatoms. The van der Waals surface area contributed by atoms with Crippen LogP contribution >= 0.6 is 0 Å². The quantitative estimate of drug-likeness (QED) is 0.909. The van der Waals surface area contributed by atoms with Gasteiger partial charge in [0.15, 0.2) is 0 Å². The number of hydrogen-bond donors (Lipinski definition) is 1. The van der Waals surface area contributed by atoms with Crippen LogP contribution in [0.4, 0.5) is 10.5 Å². The molecule has 1 N–H and O–H groups in total. The molecule has 0 radical (unpaired) electrons. The zero-order valence-corrected chi connectivity index (χ0v) is 15.1. The van der Waals surface area contributed by atoms with Gasteiger partial charge in [0.05, 0.1) is 6.04 Å². The molecule has 0 spiro atoms. The first-order valence-corrected chi connectivity index (χ1v) is 8.89. The van der Waals surface area contributed by atoms with E-state index in [4.69, 9.17) is 4.52 Å². The van der Waals surface area contributed by atoms with Crippen molar-refractivity contribution in [3.05, 3.63) is 47.9 Å². The van der Waals surface area contributed by atoms with Crippen LogP contribution in [0.3, 0.4) is 0 Å². The van der Waals surface area contributed by atoms with Gasteiger partial charge in [-0.25, -0.2) is 4.79 Å². The van der Waals surface area contributed by atoms with Crippen molar-refractivity contribution < 1.29 is 14.1 Å². The third kappa shape index (κ3) is 4.04. The van der Waals surface area contributed by atoms with Crippen LogP contribution in [-0.2, 0) is 0 Å². The summed E-state index contributed by atoms with van der Waals surface area (Å²) in [5, 5.41) is 6.70. The van der Waals surface area contributed by atoms with Crippen molar-refractivity contribution >= 4 is 17.6 Å². The maximum atomic E-state index is 12.5. The van der Waals surface area contributed by atoms with Gasteiger partial charge in [-0.3, -0.25) is 4.79 Å². The molecule has 1 aromatic carbocycles. The van der Waals surface area contributed by atoms with Gasteiger partial charge in [-0.1, -0.05) is 5.16 Å². The molecule has 138 valence electrons. The van der Waals surface area contributed by atoms with Crippen molar-refractivity contribution in [3.8, 4) is 0 Å². The molecule has 0 aliphatic carbocycles. The van der Waals surface area contributed by atoms with E-state index in [1.165, 1.54) is 12.7 Å². The smallest absolute Gasteiger partial charge is 0.322 e. The molecule has 2 heterocycles. The van der Waals surface area contributed by atoms with Crippen LogP contribution in [0, 0.1) is 0 Å². The minimum atomic E-state index is -0.254. The lowest BCUT2D eigenvalue weighted by Gasteiger charge is -2.27. The molecule has 1 atom stereocenters. The monoisotopic (exact) mass is 356 g/mol. The first kappa shape index (κ1) is 18.0. The number of nitrogens with zero attached hydrogens (tertiary/aromatic N) is 3. The number of anilines is 1. The minimum absolute atomic E-state index is 0.0550. The molecule has 1 fully saturated rings. The van der Waals surface area contributed by atoms with Crippen LogP contribution in [-0.4, -0.2) is 47.0 Å². The Kier molecular flexibility index (Phi) is 5.55. The van der Waals surface area contributed by atoms with Gasteiger partial charge in [-0.15, -0.1) is 0 Å². The van der Waals surface area contributed by atoms with E-state index in [0.717, 1.165) is 25.9 Å². The van der Waals surface area contributed by atoms with Crippen LogP contribution in [0.2, 0.25) is 0 Å². The van der Waals surface area contributed by atoms with Crippen LogP contribution in [0.5, 0.6) is 0 Å². The SMILES string of the molecule is CC(c1ccon1)N(C)C(=O)Nc1ccc(C(=O)N2CCCCC2)cc1. The van der Waals surface area contributed by atoms with Crippen LogP contribution in [0.25, 0.3) is 0 Å². The molecule has 2 aromatic rings. The van der Waals surface area contributed by atoms with Gasteiger partial charge < -0.3 is 19.6 Å². The number of carbonyl (C=O) groups excluding carboxylic acids is 2. The van der Waals surface area contributed by atoms with E-state index in [2.05, 4.69) is 10.5 Å². The van der Waals surface area contributed by atoms with E-state index in [0.29, 0.717) is 16.9 Å². The van der Waals surface area contributed by atoms with Gasteiger partial charge >= 0.3 is 6.03 Å². The zero-order chi connectivity index (χ0) is 18.5. The number of piperidine rings is 1. The van der Waals surface area contributed by atoms with E-state index in [-0.39, 0.29) is 18.0 Å². The van der Waals surface area contributed by atoms with Gasteiger partial charge in [0.1, 0.15) is 12.0 Å². The van der Waals surface area contributed by atoms with Gasteiger partial charge in [-0.05, 0) is 50.5 Å². The second-order valence-corrected chi connectivity index (χ2v) is 6.57. The lowest BCUT2D eigenvalue weighted by atomic mass is 10.1. The molecule has 7 nitrogen and oxygen atoms in total. The summed E-state index contributed by atoms with van der Waals surface area (Å²) in [6.07, 6.45) is 4.80. The summed E-state index contributed by atoms with van der Waals surface area (Å²) in [5.74, 6) is 0.0550. The topological polar surface area (TPSA) is 78.7 Å². The van der Waals surface area contributed by atoms with Gasteiger partial charge in [-0.2, -0.15) is 0 Å². The number of likely N-dealkylation sites (tertiary alicyclic amines) is 1. The Bertz CT molecular complexity index is 737. The molecule has 3 amide bonds. The number of hydrogen-bond acceptors (Lipinski definition) is 4. The fraction of sp³-hybridized carbons (Fsp3) is 0.421. The number of urea groups is 1. The minimum Gasteiger partial charge on any atom is -0.364 e. The standard InChI is InChI=1S/C19H24N4O3/c1-14(17-10-13-26-21-17)22(2)19(25)20-16-8-6-15(7-9-16)18(24)23-11-4-3-5-12-23/h6-10,13-14H,3-5,11-12H2,1-2H3,(H,20,25). The Morgan fingerprint density at radius 2 is 1.85 bits per heavy atom. The second-order valence-electron chi connectivity index (χ2n) is 6.57. The number of nitrogens with one attached hydrogen (secondary N) is 1. The lowest BCUT2D eigenvalue weighted by molar-refractivity contribution is 0.0724. The Hall–Kier alpha value is -2.83. The van der Waals surface area contributed by atoms with Crippen molar-refractivity contribution in [2.45, 2.75) is 32.2 Å². The summed E-state index contributed by atoms with van der Waals surface area (Å²) in [6, 6.07) is 8.29. The summed E-state index contributed by atoms with van der Waals surface area (Å²) < 4.78 is 4.83. The highest BCUT2D eigenvalue weighted by Crippen LogP contribution is 2.19. The molecule has 1 aliphatic heterocycles. The Morgan fingerprint density at radius 1 is 1.15 bits per heavy atom. The molecule has 26 heavy (non-hydrogen) atoms. The first-order chi connectivity index (χ1) is 12.6. The summed E-state index contributed by atoms with van der Waals surface area (Å²) in [5.41, 5.74) is 1.98. The van der Waals surface area contributed by atoms with Crippen LogP contribution < -0.4 is 5.32 Å². The highest BCUT2D eigenvalue weighted by Gasteiger charge is 2.20. The summed E-state index contributed by atoms with van der Waals surface area (Å²) in [4.78, 5) is 28.3. The molecule has 1 aliphatic rings. The average molecular weight is 356 g/mol. The largest absolute Gasteiger partial charge is 0.364 e. The Labute approximate surface area is 152 Å². The second kappa shape index (κ2) is 8.03. The normalized spacial score (nSPS) is 15.4. The molecule has 3 rings (SSSR count). The highest BCUT2D eigenvalue weighted by molar-refractivity contribution is 5.95. The van der Waals surface area contributed by atoms with E-state index < -0.39 is 0 Å². The lowest BCUT2D eigenvalue weighted by Crippen LogP contribution is -2.35. The third-order valence-electron chi connectivity index (χ3n) is 4.81. The summed E-state index contributed by atoms with van der Waals surface area (Å²) in [7, 11) is 1.70. The van der Waals surface area contributed by atoms with E-state index in [1.807, 2.05) is 11.8 Å². The molecule has 1 aromatic heterocycles. The molecular weight excluding hydrogens is 332 g/mol. The molecular formula is C19H24N4O3. The number of aromatic nitrogens is 1. The van der Waals surface area contributed by atoms with Crippen molar-refractivity contribution in [2.75, 3.05) is 25.5 Å². The number of rotatable bonds is 4. The van der Waals surface area contributed by atoms with Crippen molar-refractivity contribution in [1.82, 2.24) is 15.0 Å². The molecule has 1 saturated heterocycles. The van der Waals surface area contributed by atoms with Gasteiger partial charge in [0, 0.05) is 37.5 Å². The van der Waals surface area contributed by atoms with E-state index in [1.54, 1.807) is 42.3 Å². The summed E-state index contributed by atoms with van der Waals surface area (Å²) >= 11 is 0. The Balaban J connectivity index is 1.59. The molecule has 1 unspecified atom stereocenters. The zero-order valence-electron chi connectivity index (χ0n) is 15.1. The number of carbonyl (C=O) groups is 2. The highest BCUT2D eigenvalue weighted by atomic mass is 16.5. The van der Waals surface area contributed by atoms with Crippen molar-refractivity contribution in [3.63, 3.8) is 0 Å². The Morgan fingerprint density at radius 3 is 2.46 bits per heavy atom. The third-order valence-corrected chi connectivity index (χ3v) is 4.81. The van der Waals surface area contributed by atoms with E-state index >= 15 is 0 Å². The molecule has 0 saturated carbocycles. The van der Waals surface area contributed by atoms with Crippen molar-refractivity contribution in [2.24, 2.45) is 0 Å². The summed E-state index contributed by atoms with van der Waals surface area (Å²) in [6.45, 7) is 3.52. The van der Waals surface area contributed by atoms with Gasteiger partial charge in [0.25, 0.3) is 5.91 Å².